The molecule has 6 aromatic rings. The molecule has 4 heterocycles. The molecule has 7 rings (SSSR count). The molecule has 0 fully saturated rings. The maximum Gasteiger partial charge on any atom is 0.288 e. The number of benzene rings is 3. The average molecular weight is 606 g/mol. The molecular formula is C37H37N2O2S2+. The van der Waals surface area contributed by atoms with Crippen molar-refractivity contribution in [1.29, 1.82) is 0 Å². The second-order valence-electron chi connectivity index (χ2n) is 12.8. The highest BCUT2D eigenvalue weighted by Crippen LogP contribution is 2.52. The van der Waals surface area contributed by atoms with Crippen LogP contribution in [0.2, 0.25) is 0 Å². The average Bonchev–Trinajstić information content (AvgIpc) is 3.50. The number of aliphatic hydroxyl groups is 1. The first kappa shape index (κ1) is 28.2. The van der Waals surface area contributed by atoms with Gasteiger partial charge in [-0.25, -0.2) is 4.57 Å². The minimum Gasteiger partial charge on any atom is -0.508 e. The van der Waals surface area contributed by atoms with Crippen LogP contribution in [0.1, 0.15) is 61.4 Å². The van der Waals surface area contributed by atoms with Crippen LogP contribution in [-0.4, -0.2) is 23.8 Å². The fraction of sp³-hybridized carbons (Fsp3) is 0.297. The van der Waals surface area contributed by atoms with E-state index in [1.54, 1.807) is 7.11 Å². The van der Waals surface area contributed by atoms with E-state index in [2.05, 4.69) is 100 Å². The number of ether oxygens (including phenoxy) is 1. The van der Waals surface area contributed by atoms with Crippen molar-refractivity contribution in [3.05, 3.63) is 95.5 Å². The fourth-order valence-electron chi connectivity index (χ4n) is 7.10. The lowest BCUT2D eigenvalue weighted by atomic mass is 9.74. The number of thiophene rings is 2. The summed E-state index contributed by atoms with van der Waals surface area (Å²) in [5, 5.41) is 15.0. The van der Waals surface area contributed by atoms with Crippen molar-refractivity contribution in [1.82, 2.24) is 4.98 Å². The van der Waals surface area contributed by atoms with Crippen LogP contribution < -0.4 is 4.57 Å². The highest BCUT2D eigenvalue weighted by atomic mass is 32.1. The van der Waals surface area contributed by atoms with E-state index in [0.29, 0.717) is 6.61 Å². The quantitative estimate of drug-likeness (QED) is 0.157. The molecular weight excluding hydrogens is 569 g/mol. The van der Waals surface area contributed by atoms with Gasteiger partial charge in [-0.05, 0) is 75.6 Å². The molecule has 1 N–H and O–H groups in total. The minimum atomic E-state index is -0.352. The molecule has 0 aliphatic carbocycles. The molecule has 0 spiro atoms. The summed E-state index contributed by atoms with van der Waals surface area (Å²) in [7, 11) is 1.74. The second-order valence-corrected chi connectivity index (χ2v) is 14.9. The van der Waals surface area contributed by atoms with Crippen LogP contribution in [0, 0.1) is 13.8 Å². The van der Waals surface area contributed by atoms with E-state index in [1.165, 1.54) is 58.4 Å². The normalized spacial score (nSPS) is 16.6. The van der Waals surface area contributed by atoms with Gasteiger partial charge in [-0.15, -0.1) is 22.7 Å². The van der Waals surface area contributed by atoms with Crippen LogP contribution in [-0.2, 0) is 10.2 Å². The van der Waals surface area contributed by atoms with E-state index in [0.717, 1.165) is 22.3 Å². The van der Waals surface area contributed by atoms with Gasteiger partial charge in [0.05, 0.1) is 4.88 Å². The van der Waals surface area contributed by atoms with Crippen molar-refractivity contribution in [3.63, 3.8) is 0 Å². The van der Waals surface area contributed by atoms with Gasteiger partial charge < -0.3 is 9.84 Å². The smallest absolute Gasteiger partial charge is 0.288 e. The first-order valence-electron chi connectivity index (χ1n) is 14.9. The van der Waals surface area contributed by atoms with Crippen molar-refractivity contribution in [3.8, 4) is 21.0 Å². The van der Waals surface area contributed by atoms with E-state index in [9.17, 15) is 5.11 Å². The third kappa shape index (κ3) is 4.26. The molecule has 2 atom stereocenters. The molecule has 1 aliphatic rings. The van der Waals surface area contributed by atoms with Crippen LogP contribution in [0.15, 0.2) is 73.3 Å². The van der Waals surface area contributed by atoms with Crippen molar-refractivity contribution in [2.24, 2.45) is 0 Å². The summed E-state index contributed by atoms with van der Waals surface area (Å²) in [5.41, 5.74) is 8.40. The minimum absolute atomic E-state index is 0.0199. The number of fused-ring (bicyclic) bond motifs is 8. The number of rotatable bonds is 5. The summed E-state index contributed by atoms with van der Waals surface area (Å²) < 4.78 is 10.3. The Kier molecular flexibility index (Phi) is 6.73. The van der Waals surface area contributed by atoms with Crippen LogP contribution in [0.3, 0.4) is 0 Å². The summed E-state index contributed by atoms with van der Waals surface area (Å²) in [5.74, 6) is 0.130. The number of nitrogens with zero attached hydrogens (tertiary/aromatic N) is 2. The molecule has 218 valence electrons. The van der Waals surface area contributed by atoms with E-state index in [1.807, 2.05) is 29.0 Å². The zero-order valence-electron chi connectivity index (χ0n) is 25.6. The Hall–Kier alpha value is -3.58. The lowest BCUT2D eigenvalue weighted by Gasteiger charge is -2.35. The number of methoxy groups -OCH3 is 1. The Morgan fingerprint density at radius 3 is 2.33 bits per heavy atom. The van der Waals surface area contributed by atoms with Crippen LogP contribution in [0.25, 0.3) is 52.1 Å². The fourth-order valence-corrected chi connectivity index (χ4v) is 9.87. The molecule has 2 unspecified atom stereocenters. The molecule has 0 saturated heterocycles. The van der Waals surface area contributed by atoms with Crippen molar-refractivity contribution in [2.45, 2.75) is 58.4 Å². The number of hydrogen-bond donors (Lipinski definition) is 1. The molecule has 4 nitrogen and oxygen atoms in total. The largest absolute Gasteiger partial charge is 0.508 e. The molecule has 6 heteroatoms. The molecule has 3 aromatic carbocycles. The van der Waals surface area contributed by atoms with Gasteiger partial charge in [0.25, 0.3) is 6.33 Å². The molecule has 3 aromatic heterocycles. The zero-order chi connectivity index (χ0) is 30.2. The molecule has 0 amide bonds. The van der Waals surface area contributed by atoms with Crippen molar-refractivity contribution < 1.29 is 14.4 Å². The summed E-state index contributed by atoms with van der Waals surface area (Å²) in [6.45, 7) is 16.0. The number of hydrogen-bond acceptors (Lipinski definition) is 5. The first-order chi connectivity index (χ1) is 20.6. The van der Waals surface area contributed by atoms with E-state index in [4.69, 9.17) is 9.72 Å². The van der Waals surface area contributed by atoms with Crippen LogP contribution >= 0.6 is 22.7 Å². The molecule has 1 aliphatic heterocycles. The summed E-state index contributed by atoms with van der Waals surface area (Å²) in [4.78, 5) is 7.66. The van der Waals surface area contributed by atoms with E-state index < -0.39 is 0 Å². The lowest BCUT2D eigenvalue weighted by molar-refractivity contribution is -0.713. The number of allylic oxidation sites excluding steroid dienone is 1. The summed E-state index contributed by atoms with van der Waals surface area (Å²) in [6, 6.07) is 19.5. The van der Waals surface area contributed by atoms with E-state index >= 15 is 0 Å². The molecule has 0 bridgehead atoms. The van der Waals surface area contributed by atoms with Gasteiger partial charge in [-0.2, -0.15) is 0 Å². The topological polar surface area (TPSA) is 46.2 Å². The zero-order valence-corrected chi connectivity index (χ0v) is 27.2. The number of aromatic nitrogens is 2. The Balaban J connectivity index is 1.60. The van der Waals surface area contributed by atoms with Gasteiger partial charge >= 0.3 is 0 Å². The standard InChI is InChI=1S/C37H36N2O2S2/c1-20-23-12-10-11-15-29(23)42-34(20)35-21(2)31-36(43-35)33-27-18-28(37(4,5)6)24-13-8-9-14-25(24)30(27)26(16-17-41-7)32(22(3)40)39(33)19-38-31/h8-15,18-19,26,32H,3,16-17H2,1-2,4-7H3/p+1. The van der Waals surface area contributed by atoms with Crippen molar-refractivity contribution in [2.75, 3.05) is 13.7 Å². The molecule has 43 heavy (non-hydrogen) atoms. The van der Waals surface area contributed by atoms with Gasteiger partial charge in [0.15, 0.2) is 11.7 Å². The second kappa shape index (κ2) is 10.3. The predicted molar refractivity (Wildman–Crippen MR) is 182 cm³/mol. The van der Waals surface area contributed by atoms with Crippen LogP contribution in [0.4, 0.5) is 0 Å². The maximum absolute atomic E-state index is 11.2. The van der Waals surface area contributed by atoms with Gasteiger partial charge in [0.1, 0.15) is 10.5 Å². The monoisotopic (exact) mass is 605 g/mol. The van der Waals surface area contributed by atoms with Crippen LogP contribution in [0.5, 0.6) is 0 Å². The van der Waals surface area contributed by atoms with Crippen molar-refractivity contribution >= 4 is 53.7 Å². The third-order valence-electron chi connectivity index (χ3n) is 9.12. The first-order valence-corrected chi connectivity index (χ1v) is 16.5. The Morgan fingerprint density at radius 1 is 0.977 bits per heavy atom. The number of aliphatic hydroxyl groups excluding tert-OH is 1. The Bertz CT molecular complexity index is 2080. The molecule has 0 saturated carbocycles. The third-order valence-corrected chi connectivity index (χ3v) is 11.8. The van der Waals surface area contributed by atoms with Gasteiger partial charge in [-0.3, -0.25) is 0 Å². The Labute approximate surface area is 260 Å². The highest BCUT2D eigenvalue weighted by molar-refractivity contribution is 7.29. The summed E-state index contributed by atoms with van der Waals surface area (Å²) >= 11 is 3.69. The number of aryl methyl sites for hydroxylation is 2. The maximum atomic E-state index is 11.2. The van der Waals surface area contributed by atoms with Gasteiger partial charge in [0.2, 0.25) is 5.52 Å². The summed E-state index contributed by atoms with van der Waals surface area (Å²) in [6.07, 6.45) is 2.69. The predicted octanol–water partition coefficient (Wildman–Crippen LogP) is 9.95. The molecule has 0 radical (unpaired) electrons. The Morgan fingerprint density at radius 2 is 1.65 bits per heavy atom. The SMILES string of the molecule is C=C(O)C1C(CCOC)c2c(cc(C(C)(C)C)c3ccccc23)-c2c3sc(-c4sc5ccccc5c4C)c(C)c3nc[n+]21. The van der Waals surface area contributed by atoms with E-state index in [-0.39, 0.29) is 23.1 Å². The highest BCUT2D eigenvalue weighted by Gasteiger charge is 2.43. The van der Waals surface area contributed by atoms with Gasteiger partial charge in [0, 0.05) is 40.3 Å². The van der Waals surface area contributed by atoms with Gasteiger partial charge in [-0.1, -0.05) is 69.8 Å². The lowest BCUT2D eigenvalue weighted by Crippen LogP contribution is -2.49.